The summed E-state index contributed by atoms with van der Waals surface area (Å²) in [6, 6.07) is 10.7. The van der Waals surface area contributed by atoms with Crippen LogP contribution in [-0.2, 0) is 0 Å². The van der Waals surface area contributed by atoms with Gasteiger partial charge in [-0.25, -0.2) is 0 Å². The molecular formula is C13H15BrN4. The highest BCUT2D eigenvalue weighted by atomic mass is 79.9. The molecule has 1 atom stereocenters. The number of halogens is 1. The van der Waals surface area contributed by atoms with Crippen LogP contribution in [0.5, 0.6) is 0 Å². The van der Waals surface area contributed by atoms with Crippen LogP contribution in [0.25, 0.3) is 11.3 Å². The highest BCUT2D eigenvalue weighted by Gasteiger charge is 2.15. The fourth-order valence-corrected chi connectivity index (χ4v) is 2.42. The van der Waals surface area contributed by atoms with Crippen molar-refractivity contribution in [1.82, 2.24) is 15.5 Å². The summed E-state index contributed by atoms with van der Waals surface area (Å²) in [4.78, 5) is 0. The molecule has 1 aliphatic heterocycles. The Bertz CT molecular complexity index is 514. The molecule has 0 bridgehead atoms. The van der Waals surface area contributed by atoms with Crippen molar-refractivity contribution in [3.63, 3.8) is 0 Å². The molecule has 0 aliphatic carbocycles. The molecule has 2 aromatic rings. The summed E-state index contributed by atoms with van der Waals surface area (Å²) in [6.45, 7) is 2.10. The van der Waals surface area contributed by atoms with Gasteiger partial charge in [0.2, 0.25) is 0 Å². The molecule has 94 valence electrons. The Morgan fingerprint density at radius 3 is 2.83 bits per heavy atom. The van der Waals surface area contributed by atoms with Crippen molar-refractivity contribution in [3.8, 4) is 11.3 Å². The van der Waals surface area contributed by atoms with Crippen LogP contribution in [0.3, 0.4) is 0 Å². The van der Waals surface area contributed by atoms with Gasteiger partial charge in [0, 0.05) is 23.1 Å². The van der Waals surface area contributed by atoms with Crippen molar-refractivity contribution in [1.29, 1.82) is 0 Å². The minimum Gasteiger partial charge on any atom is -0.365 e. The van der Waals surface area contributed by atoms with E-state index in [4.69, 9.17) is 0 Å². The second-order valence-electron chi connectivity index (χ2n) is 4.51. The molecular weight excluding hydrogens is 292 g/mol. The van der Waals surface area contributed by atoms with Gasteiger partial charge in [-0.05, 0) is 30.7 Å². The second kappa shape index (κ2) is 5.12. The molecule has 18 heavy (non-hydrogen) atoms. The number of H-pyrrole nitrogens is 1. The van der Waals surface area contributed by atoms with Crippen molar-refractivity contribution < 1.29 is 0 Å². The number of anilines is 1. The first-order chi connectivity index (χ1) is 8.81. The first-order valence-corrected chi connectivity index (χ1v) is 6.89. The van der Waals surface area contributed by atoms with Crippen molar-refractivity contribution in [2.75, 3.05) is 18.4 Å². The van der Waals surface area contributed by atoms with Gasteiger partial charge in [-0.1, -0.05) is 28.1 Å². The molecule has 3 rings (SSSR count). The van der Waals surface area contributed by atoms with Crippen LogP contribution in [0.2, 0.25) is 0 Å². The van der Waals surface area contributed by atoms with E-state index < -0.39 is 0 Å². The summed E-state index contributed by atoms with van der Waals surface area (Å²) >= 11 is 3.44. The minimum absolute atomic E-state index is 0.492. The van der Waals surface area contributed by atoms with Gasteiger partial charge in [0.15, 0.2) is 0 Å². The molecule has 3 N–H and O–H groups in total. The van der Waals surface area contributed by atoms with E-state index in [1.54, 1.807) is 0 Å². The van der Waals surface area contributed by atoms with Crippen molar-refractivity contribution in [2.24, 2.45) is 0 Å². The van der Waals surface area contributed by atoms with Crippen molar-refractivity contribution in [2.45, 2.75) is 12.5 Å². The number of hydrogen-bond acceptors (Lipinski definition) is 3. The molecule has 5 heteroatoms. The maximum absolute atomic E-state index is 4.30. The van der Waals surface area contributed by atoms with E-state index >= 15 is 0 Å². The van der Waals surface area contributed by atoms with Gasteiger partial charge < -0.3 is 10.6 Å². The number of nitrogens with zero attached hydrogens (tertiary/aromatic N) is 1. The molecule has 1 aromatic carbocycles. The Morgan fingerprint density at radius 2 is 2.11 bits per heavy atom. The third-order valence-electron chi connectivity index (χ3n) is 3.15. The van der Waals surface area contributed by atoms with E-state index in [0.717, 1.165) is 41.1 Å². The van der Waals surface area contributed by atoms with E-state index in [-0.39, 0.29) is 0 Å². The largest absolute Gasteiger partial charge is 0.365 e. The normalized spacial score (nSPS) is 19.1. The molecule has 1 fully saturated rings. The van der Waals surface area contributed by atoms with Gasteiger partial charge in [0.1, 0.15) is 5.82 Å². The molecule has 0 amide bonds. The average Bonchev–Trinajstić information content (AvgIpc) is 3.02. The zero-order chi connectivity index (χ0) is 12.4. The average molecular weight is 307 g/mol. The Labute approximate surface area is 114 Å². The molecule has 2 heterocycles. The molecule has 1 unspecified atom stereocenters. The summed E-state index contributed by atoms with van der Waals surface area (Å²) < 4.78 is 1.08. The Morgan fingerprint density at radius 1 is 1.28 bits per heavy atom. The zero-order valence-electron chi connectivity index (χ0n) is 9.91. The molecule has 4 nitrogen and oxygen atoms in total. The van der Waals surface area contributed by atoms with E-state index in [0.29, 0.717) is 6.04 Å². The monoisotopic (exact) mass is 306 g/mol. The van der Waals surface area contributed by atoms with Gasteiger partial charge in [-0.15, -0.1) is 0 Å². The number of benzene rings is 1. The molecule has 1 saturated heterocycles. The third-order valence-corrected chi connectivity index (χ3v) is 3.67. The summed E-state index contributed by atoms with van der Waals surface area (Å²) in [5, 5.41) is 14.1. The molecule has 0 radical (unpaired) electrons. The Balaban J connectivity index is 1.74. The zero-order valence-corrected chi connectivity index (χ0v) is 11.5. The lowest BCUT2D eigenvalue weighted by Gasteiger charge is -2.08. The minimum atomic E-state index is 0.492. The lowest BCUT2D eigenvalue weighted by molar-refractivity contribution is 0.786. The van der Waals surface area contributed by atoms with Crippen LogP contribution in [0.1, 0.15) is 6.42 Å². The van der Waals surface area contributed by atoms with Gasteiger partial charge in [-0.2, -0.15) is 5.10 Å². The third kappa shape index (κ3) is 2.57. The lowest BCUT2D eigenvalue weighted by Crippen LogP contribution is -2.22. The first kappa shape index (κ1) is 11.7. The van der Waals surface area contributed by atoms with Crippen molar-refractivity contribution >= 4 is 21.7 Å². The maximum Gasteiger partial charge on any atom is 0.148 e. The smallest absolute Gasteiger partial charge is 0.148 e. The van der Waals surface area contributed by atoms with E-state index in [1.165, 1.54) is 0 Å². The van der Waals surface area contributed by atoms with Crippen LogP contribution >= 0.6 is 15.9 Å². The topological polar surface area (TPSA) is 52.7 Å². The quantitative estimate of drug-likeness (QED) is 0.817. The Hall–Kier alpha value is -1.33. The lowest BCUT2D eigenvalue weighted by atomic mass is 10.1. The van der Waals surface area contributed by atoms with Crippen LogP contribution in [0.4, 0.5) is 5.82 Å². The van der Waals surface area contributed by atoms with Crippen molar-refractivity contribution in [3.05, 3.63) is 34.8 Å². The van der Waals surface area contributed by atoms with Gasteiger partial charge in [0.25, 0.3) is 0 Å². The van der Waals surface area contributed by atoms with Gasteiger partial charge >= 0.3 is 0 Å². The van der Waals surface area contributed by atoms with Crippen LogP contribution < -0.4 is 10.6 Å². The Kier molecular flexibility index (Phi) is 3.34. The highest BCUT2D eigenvalue weighted by molar-refractivity contribution is 9.10. The van der Waals surface area contributed by atoms with Gasteiger partial charge in [-0.3, -0.25) is 5.10 Å². The summed E-state index contributed by atoms with van der Waals surface area (Å²) in [5.41, 5.74) is 2.18. The number of nitrogens with one attached hydrogen (secondary N) is 3. The van der Waals surface area contributed by atoms with Gasteiger partial charge in [0.05, 0.1) is 5.69 Å². The molecule has 0 saturated carbocycles. The molecule has 0 spiro atoms. The molecule has 1 aromatic heterocycles. The van der Waals surface area contributed by atoms with Crippen LogP contribution in [-0.4, -0.2) is 29.3 Å². The highest BCUT2D eigenvalue weighted by Crippen LogP contribution is 2.22. The van der Waals surface area contributed by atoms with Crippen LogP contribution in [0.15, 0.2) is 34.8 Å². The number of hydrogen-bond donors (Lipinski definition) is 3. The fraction of sp³-hybridized carbons (Fsp3) is 0.308. The van der Waals surface area contributed by atoms with E-state index in [2.05, 4.69) is 55.0 Å². The number of aromatic nitrogens is 2. The SMILES string of the molecule is Brc1ccc(-c2cc(NC3CCNC3)n[nH]2)cc1. The second-order valence-corrected chi connectivity index (χ2v) is 5.42. The summed E-state index contributed by atoms with van der Waals surface area (Å²) in [6.07, 6.45) is 1.15. The summed E-state index contributed by atoms with van der Waals surface area (Å²) in [5.74, 6) is 0.918. The van der Waals surface area contributed by atoms with Crippen LogP contribution in [0, 0.1) is 0 Å². The molecule has 1 aliphatic rings. The number of aromatic amines is 1. The fourth-order valence-electron chi connectivity index (χ4n) is 2.16. The predicted octanol–water partition coefficient (Wildman–Crippen LogP) is 2.61. The summed E-state index contributed by atoms with van der Waals surface area (Å²) in [7, 11) is 0. The number of rotatable bonds is 3. The first-order valence-electron chi connectivity index (χ1n) is 6.10. The van der Waals surface area contributed by atoms with E-state index in [9.17, 15) is 0 Å². The van der Waals surface area contributed by atoms with E-state index in [1.807, 2.05) is 12.1 Å². The standard InChI is InChI=1S/C13H15BrN4/c14-10-3-1-9(2-4-10)12-7-13(18-17-12)16-11-5-6-15-8-11/h1-4,7,11,15H,5-6,8H2,(H2,16,17,18). The maximum atomic E-state index is 4.30. The predicted molar refractivity (Wildman–Crippen MR) is 76.6 cm³/mol.